The topological polar surface area (TPSA) is 37.3 Å². The lowest BCUT2D eigenvalue weighted by Gasteiger charge is -2.49. The minimum Gasteiger partial charge on any atom is -0.333 e. The summed E-state index contributed by atoms with van der Waals surface area (Å²) in [5.74, 6) is 0.327. The largest absolute Gasteiger partial charge is 0.333 e. The molecular weight excluding hydrogens is 305 g/mol. The Morgan fingerprint density at radius 1 is 1.12 bits per heavy atom. The number of carbonyl (C=O) groups is 1. The molecule has 5 heteroatoms. The molecular formula is C19H22FN3O. The lowest BCUT2D eigenvalue weighted by Crippen LogP contribution is -2.62. The van der Waals surface area contributed by atoms with Crippen LogP contribution in [0.4, 0.5) is 9.18 Å². The van der Waals surface area contributed by atoms with Crippen LogP contribution >= 0.6 is 0 Å². The van der Waals surface area contributed by atoms with E-state index < -0.39 is 0 Å². The maximum atomic E-state index is 13.0. The maximum Gasteiger partial charge on any atom is 0.325 e. The van der Waals surface area contributed by atoms with Crippen LogP contribution in [0.1, 0.15) is 19.8 Å². The summed E-state index contributed by atoms with van der Waals surface area (Å²) >= 11 is 0. The van der Waals surface area contributed by atoms with Gasteiger partial charge < -0.3 is 5.32 Å². The van der Waals surface area contributed by atoms with Gasteiger partial charge >= 0.3 is 6.03 Å². The predicted molar refractivity (Wildman–Crippen MR) is 91.3 cm³/mol. The maximum absolute atomic E-state index is 13.0. The molecule has 3 aliphatic rings. The first kappa shape index (κ1) is 15.4. The van der Waals surface area contributed by atoms with Crippen LogP contribution in [0.3, 0.4) is 0 Å². The van der Waals surface area contributed by atoms with Crippen molar-refractivity contribution in [3.63, 3.8) is 0 Å². The van der Waals surface area contributed by atoms with Crippen molar-refractivity contribution in [2.24, 2.45) is 5.92 Å². The van der Waals surface area contributed by atoms with Crippen molar-refractivity contribution in [2.45, 2.75) is 31.8 Å². The molecule has 126 valence electrons. The lowest BCUT2D eigenvalue weighted by molar-refractivity contribution is 0.0267. The predicted octanol–water partition coefficient (Wildman–Crippen LogP) is 3.33. The zero-order valence-corrected chi connectivity index (χ0v) is 13.8. The Hall–Kier alpha value is -2.14. The van der Waals surface area contributed by atoms with Gasteiger partial charge in [0.05, 0.1) is 0 Å². The average molecular weight is 327 g/mol. The third kappa shape index (κ3) is 2.73. The Morgan fingerprint density at radius 3 is 2.50 bits per heavy atom. The summed E-state index contributed by atoms with van der Waals surface area (Å²) in [7, 11) is 0. The zero-order chi connectivity index (χ0) is 16.7. The molecule has 1 aromatic heterocycles. The summed E-state index contributed by atoms with van der Waals surface area (Å²) < 4.78 is 14.6. The van der Waals surface area contributed by atoms with Crippen LogP contribution in [0, 0.1) is 11.7 Å². The summed E-state index contributed by atoms with van der Waals surface area (Å²) in [5, 5.41) is 3.21. The van der Waals surface area contributed by atoms with E-state index in [1.165, 1.54) is 25.0 Å². The van der Waals surface area contributed by atoms with Gasteiger partial charge in [-0.25, -0.2) is 9.18 Å². The van der Waals surface area contributed by atoms with E-state index in [2.05, 4.69) is 17.1 Å². The van der Waals surface area contributed by atoms with Crippen LogP contribution in [0.25, 0.3) is 11.1 Å². The number of amides is 1. The number of nitrogens with zero attached hydrogens (tertiary/aromatic N) is 2. The number of nitrogens with one attached hydrogen (secondary N) is 1. The highest BCUT2D eigenvalue weighted by molar-refractivity contribution is 5.79. The van der Waals surface area contributed by atoms with Crippen molar-refractivity contribution in [2.75, 3.05) is 13.1 Å². The van der Waals surface area contributed by atoms with Crippen LogP contribution in [0.5, 0.6) is 0 Å². The third-order valence-corrected chi connectivity index (χ3v) is 5.57. The molecule has 0 spiro atoms. The number of hydrogen-bond donors (Lipinski definition) is 1. The molecule has 3 saturated heterocycles. The Labute approximate surface area is 141 Å². The van der Waals surface area contributed by atoms with Gasteiger partial charge in [-0.3, -0.25) is 9.47 Å². The highest BCUT2D eigenvalue weighted by atomic mass is 19.1. The zero-order valence-electron chi connectivity index (χ0n) is 13.8. The highest BCUT2D eigenvalue weighted by Crippen LogP contribution is 2.32. The minimum absolute atomic E-state index is 0.0889. The number of fused-ring (bicyclic) bond motifs is 3. The monoisotopic (exact) mass is 327 g/mol. The molecule has 0 aliphatic carbocycles. The fourth-order valence-electron chi connectivity index (χ4n) is 4.10. The van der Waals surface area contributed by atoms with Crippen molar-refractivity contribution in [3.05, 3.63) is 48.5 Å². The van der Waals surface area contributed by atoms with Gasteiger partial charge in [0.1, 0.15) is 5.82 Å². The Balaban J connectivity index is 1.48. The summed E-state index contributed by atoms with van der Waals surface area (Å²) in [6.45, 7) is 4.50. The van der Waals surface area contributed by atoms with E-state index in [0.717, 1.165) is 24.2 Å². The van der Waals surface area contributed by atoms with E-state index >= 15 is 0 Å². The molecule has 2 bridgehead atoms. The van der Waals surface area contributed by atoms with E-state index in [1.54, 1.807) is 29.1 Å². The van der Waals surface area contributed by atoms with Gasteiger partial charge in [-0.1, -0.05) is 12.1 Å². The summed E-state index contributed by atoms with van der Waals surface area (Å²) in [6, 6.07) is 8.72. The third-order valence-electron chi connectivity index (χ3n) is 5.57. The Morgan fingerprint density at radius 2 is 1.83 bits per heavy atom. The molecule has 4 nitrogen and oxygen atoms in total. The van der Waals surface area contributed by atoms with Crippen molar-refractivity contribution in [1.82, 2.24) is 14.8 Å². The van der Waals surface area contributed by atoms with Crippen molar-refractivity contribution in [3.8, 4) is 11.1 Å². The molecule has 2 atom stereocenters. The van der Waals surface area contributed by atoms with Gasteiger partial charge in [0.15, 0.2) is 0 Å². The van der Waals surface area contributed by atoms with Crippen molar-refractivity contribution >= 4 is 6.03 Å². The molecule has 24 heavy (non-hydrogen) atoms. The van der Waals surface area contributed by atoms with Crippen LogP contribution < -0.4 is 5.32 Å². The SMILES string of the molecule is C[C@H]1[C@H](NC(=O)n2ccc(-c3ccc(F)cc3)c2)C2CCN1CC2. The Kier molecular flexibility index (Phi) is 3.88. The van der Waals surface area contributed by atoms with E-state index in [0.29, 0.717) is 12.0 Å². The number of piperidine rings is 3. The average Bonchev–Trinajstić information content (AvgIpc) is 3.09. The van der Waals surface area contributed by atoms with Crippen LogP contribution in [-0.2, 0) is 0 Å². The minimum atomic E-state index is -0.257. The van der Waals surface area contributed by atoms with Gasteiger partial charge in [0.2, 0.25) is 0 Å². The molecule has 0 radical (unpaired) electrons. The molecule has 0 saturated carbocycles. The van der Waals surface area contributed by atoms with E-state index in [-0.39, 0.29) is 17.9 Å². The fraction of sp³-hybridized carbons (Fsp3) is 0.421. The van der Waals surface area contributed by atoms with E-state index in [1.807, 2.05) is 6.07 Å². The number of hydrogen-bond acceptors (Lipinski definition) is 2. The summed E-state index contributed by atoms with van der Waals surface area (Å²) in [5.41, 5.74) is 1.81. The second-order valence-corrected chi connectivity index (χ2v) is 6.90. The van der Waals surface area contributed by atoms with Gasteiger partial charge in [-0.15, -0.1) is 0 Å². The molecule has 2 aromatic rings. The van der Waals surface area contributed by atoms with E-state index in [9.17, 15) is 9.18 Å². The molecule has 5 rings (SSSR count). The lowest BCUT2D eigenvalue weighted by atomic mass is 9.79. The molecule has 1 aromatic carbocycles. The van der Waals surface area contributed by atoms with Gasteiger partial charge in [0, 0.05) is 24.5 Å². The first-order valence-corrected chi connectivity index (χ1v) is 8.61. The second kappa shape index (κ2) is 6.06. The number of carbonyl (C=O) groups excluding carboxylic acids is 1. The van der Waals surface area contributed by atoms with Gasteiger partial charge in [-0.05, 0) is 68.1 Å². The van der Waals surface area contributed by atoms with Crippen molar-refractivity contribution < 1.29 is 9.18 Å². The van der Waals surface area contributed by atoms with Gasteiger partial charge in [0.25, 0.3) is 0 Å². The van der Waals surface area contributed by atoms with Crippen LogP contribution in [-0.4, -0.2) is 40.7 Å². The molecule has 4 heterocycles. The van der Waals surface area contributed by atoms with E-state index in [4.69, 9.17) is 0 Å². The second-order valence-electron chi connectivity index (χ2n) is 6.90. The first-order chi connectivity index (χ1) is 11.6. The quantitative estimate of drug-likeness (QED) is 0.918. The summed E-state index contributed by atoms with van der Waals surface area (Å²) in [6.07, 6.45) is 5.90. The van der Waals surface area contributed by atoms with Crippen LogP contribution in [0.2, 0.25) is 0 Å². The fourth-order valence-corrected chi connectivity index (χ4v) is 4.10. The highest BCUT2D eigenvalue weighted by Gasteiger charge is 2.40. The smallest absolute Gasteiger partial charge is 0.325 e. The number of rotatable bonds is 2. The standard InChI is InChI=1S/C19H22FN3O/c1-13-18(15-6-9-22(13)10-7-15)21-19(24)23-11-8-16(12-23)14-2-4-17(20)5-3-14/h2-5,8,11-13,15,18H,6-7,9-10H2,1H3,(H,21,24)/t13-,18-/m0/s1. The Bertz CT molecular complexity index is 729. The van der Waals surface area contributed by atoms with Crippen molar-refractivity contribution in [1.29, 1.82) is 0 Å². The summed E-state index contributed by atoms with van der Waals surface area (Å²) in [4.78, 5) is 15.1. The molecule has 1 N–H and O–H groups in total. The molecule has 3 aliphatic heterocycles. The molecule has 0 unspecified atom stereocenters. The molecule has 1 amide bonds. The normalized spacial score (nSPS) is 28.8. The number of halogens is 1. The number of benzene rings is 1. The number of aromatic nitrogens is 1. The molecule has 3 fully saturated rings. The van der Waals surface area contributed by atoms with Crippen LogP contribution in [0.15, 0.2) is 42.7 Å². The van der Waals surface area contributed by atoms with Gasteiger partial charge in [-0.2, -0.15) is 0 Å². The first-order valence-electron chi connectivity index (χ1n) is 8.61.